The molecule has 0 heterocycles. The highest BCUT2D eigenvalue weighted by molar-refractivity contribution is 9.11. The molecule has 0 aromatic heterocycles. The van der Waals surface area contributed by atoms with Gasteiger partial charge < -0.3 is 5.73 Å². The van der Waals surface area contributed by atoms with Crippen molar-refractivity contribution in [1.82, 2.24) is 0 Å². The normalized spacial score (nSPS) is 40.5. The number of allylic oxidation sites excluding steroid dienone is 4. The predicted octanol–water partition coefficient (Wildman–Crippen LogP) is 3.56. The summed E-state index contributed by atoms with van der Waals surface area (Å²) >= 11 is 3.52. The van der Waals surface area contributed by atoms with E-state index in [1.54, 1.807) is 0 Å². The summed E-state index contributed by atoms with van der Waals surface area (Å²) in [6.07, 6.45) is 4.59. The lowest BCUT2D eigenvalue weighted by Crippen LogP contribution is -2.14. The maximum atomic E-state index is 5.99. The van der Waals surface area contributed by atoms with Crippen LogP contribution in [0.5, 0.6) is 0 Å². The summed E-state index contributed by atoms with van der Waals surface area (Å²) in [5, 5.41) is 0. The van der Waals surface area contributed by atoms with Crippen LogP contribution in [0.25, 0.3) is 0 Å². The van der Waals surface area contributed by atoms with Crippen LogP contribution in [0.4, 0.5) is 0 Å². The molecule has 2 unspecified atom stereocenters. The van der Waals surface area contributed by atoms with E-state index in [1.807, 2.05) is 0 Å². The molecule has 0 aliphatic heterocycles. The SMILES string of the molecule is C/C1=C/C(Br)=C(/N)C(C)CCC1C. The van der Waals surface area contributed by atoms with Crippen molar-refractivity contribution in [3.8, 4) is 0 Å². The fraction of sp³-hybridized carbons (Fsp3) is 0.636. The molecular formula is C11H18BrN. The Balaban J connectivity index is 2.98. The molecule has 74 valence electrons. The lowest BCUT2D eigenvalue weighted by Gasteiger charge is -2.21. The van der Waals surface area contributed by atoms with E-state index in [4.69, 9.17) is 5.73 Å². The van der Waals surface area contributed by atoms with Gasteiger partial charge in [-0.25, -0.2) is 0 Å². The first kappa shape index (κ1) is 10.8. The van der Waals surface area contributed by atoms with E-state index in [9.17, 15) is 0 Å². The zero-order valence-electron chi connectivity index (χ0n) is 8.60. The van der Waals surface area contributed by atoms with E-state index >= 15 is 0 Å². The monoisotopic (exact) mass is 243 g/mol. The molecule has 0 fully saturated rings. The molecule has 0 amide bonds. The van der Waals surface area contributed by atoms with Crippen molar-refractivity contribution in [3.05, 3.63) is 21.8 Å². The van der Waals surface area contributed by atoms with E-state index in [0.717, 1.165) is 10.2 Å². The van der Waals surface area contributed by atoms with Crippen molar-refractivity contribution < 1.29 is 0 Å². The van der Waals surface area contributed by atoms with Crippen LogP contribution in [0.1, 0.15) is 33.6 Å². The molecule has 0 spiro atoms. The van der Waals surface area contributed by atoms with Crippen LogP contribution < -0.4 is 5.73 Å². The van der Waals surface area contributed by atoms with Crippen molar-refractivity contribution in [2.24, 2.45) is 17.6 Å². The maximum Gasteiger partial charge on any atom is 0.0364 e. The first-order valence-electron chi connectivity index (χ1n) is 4.85. The topological polar surface area (TPSA) is 26.0 Å². The van der Waals surface area contributed by atoms with Gasteiger partial charge in [0, 0.05) is 10.2 Å². The summed E-state index contributed by atoms with van der Waals surface area (Å²) in [7, 11) is 0. The molecule has 0 bridgehead atoms. The lowest BCUT2D eigenvalue weighted by atomic mass is 9.89. The Labute approximate surface area is 89.2 Å². The Morgan fingerprint density at radius 2 is 1.85 bits per heavy atom. The molecule has 0 aromatic rings. The molecule has 1 aliphatic rings. The standard InChI is InChI=1S/C11H18BrN/c1-7-4-5-8(2)11(13)10(12)6-9(7)3/h6-8H,4-5,13H2,1-3H3/b9-6-,11-10-. The molecule has 1 nitrogen and oxygen atoms in total. The summed E-state index contributed by atoms with van der Waals surface area (Å²) in [6, 6.07) is 0. The first-order valence-corrected chi connectivity index (χ1v) is 5.65. The zero-order valence-corrected chi connectivity index (χ0v) is 10.2. The Morgan fingerprint density at radius 1 is 1.31 bits per heavy atom. The summed E-state index contributed by atoms with van der Waals surface area (Å²) in [5.41, 5.74) is 8.40. The minimum atomic E-state index is 0.501. The highest BCUT2D eigenvalue weighted by Crippen LogP contribution is 2.29. The van der Waals surface area contributed by atoms with Crippen LogP contribution in [0.15, 0.2) is 21.8 Å². The molecule has 2 atom stereocenters. The molecular weight excluding hydrogens is 226 g/mol. The molecule has 0 saturated heterocycles. The molecule has 2 heteroatoms. The molecule has 0 aromatic carbocycles. The number of halogens is 1. The van der Waals surface area contributed by atoms with Gasteiger partial charge in [0.2, 0.25) is 0 Å². The van der Waals surface area contributed by atoms with Crippen LogP contribution in [-0.2, 0) is 0 Å². The van der Waals surface area contributed by atoms with Crippen LogP contribution in [-0.4, -0.2) is 0 Å². The van der Waals surface area contributed by atoms with Crippen molar-refractivity contribution in [2.45, 2.75) is 33.6 Å². The first-order chi connectivity index (χ1) is 6.02. The second-order valence-corrected chi connectivity index (χ2v) is 4.93. The molecule has 1 aliphatic carbocycles. The largest absolute Gasteiger partial charge is 0.401 e. The summed E-state index contributed by atoms with van der Waals surface area (Å²) < 4.78 is 1.07. The van der Waals surface area contributed by atoms with Crippen LogP contribution in [0.2, 0.25) is 0 Å². The van der Waals surface area contributed by atoms with Crippen molar-refractivity contribution in [2.75, 3.05) is 0 Å². The minimum absolute atomic E-state index is 0.501. The fourth-order valence-electron chi connectivity index (χ4n) is 1.54. The molecule has 1 rings (SSSR count). The highest BCUT2D eigenvalue weighted by Gasteiger charge is 2.15. The average molecular weight is 244 g/mol. The van der Waals surface area contributed by atoms with E-state index in [0.29, 0.717) is 11.8 Å². The molecule has 0 radical (unpaired) electrons. The van der Waals surface area contributed by atoms with Gasteiger partial charge in [-0.2, -0.15) is 0 Å². The van der Waals surface area contributed by atoms with Gasteiger partial charge in [-0.15, -0.1) is 0 Å². The number of hydrogen-bond donors (Lipinski definition) is 1. The summed E-state index contributed by atoms with van der Waals surface area (Å²) in [6.45, 7) is 6.65. The zero-order chi connectivity index (χ0) is 10.0. The van der Waals surface area contributed by atoms with Gasteiger partial charge in [-0.05, 0) is 53.6 Å². The predicted molar refractivity (Wildman–Crippen MR) is 61.5 cm³/mol. The third-order valence-electron chi connectivity index (χ3n) is 2.97. The van der Waals surface area contributed by atoms with E-state index in [-0.39, 0.29) is 0 Å². The van der Waals surface area contributed by atoms with Gasteiger partial charge in [0.1, 0.15) is 0 Å². The molecule has 2 N–H and O–H groups in total. The fourth-order valence-corrected chi connectivity index (χ4v) is 2.30. The third kappa shape index (κ3) is 2.60. The second-order valence-electron chi connectivity index (χ2n) is 4.07. The Kier molecular flexibility index (Phi) is 3.60. The second kappa shape index (κ2) is 4.32. The van der Waals surface area contributed by atoms with Gasteiger partial charge in [-0.1, -0.05) is 19.4 Å². The lowest BCUT2D eigenvalue weighted by molar-refractivity contribution is 0.496. The van der Waals surface area contributed by atoms with Crippen molar-refractivity contribution in [1.29, 1.82) is 0 Å². The van der Waals surface area contributed by atoms with E-state index in [1.165, 1.54) is 18.4 Å². The number of hydrogen-bond acceptors (Lipinski definition) is 1. The van der Waals surface area contributed by atoms with Gasteiger partial charge in [0.25, 0.3) is 0 Å². The number of nitrogens with two attached hydrogens (primary N) is 1. The maximum absolute atomic E-state index is 5.99. The quantitative estimate of drug-likeness (QED) is 0.692. The van der Waals surface area contributed by atoms with Crippen LogP contribution in [0, 0.1) is 11.8 Å². The average Bonchev–Trinajstić information content (AvgIpc) is 2.10. The summed E-state index contributed by atoms with van der Waals surface area (Å²) in [4.78, 5) is 0. The summed E-state index contributed by atoms with van der Waals surface area (Å²) in [5.74, 6) is 1.18. The van der Waals surface area contributed by atoms with E-state index < -0.39 is 0 Å². The van der Waals surface area contributed by atoms with Gasteiger partial charge in [-0.3, -0.25) is 0 Å². The Hall–Kier alpha value is -0.240. The van der Waals surface area contributed by atoms with Crippen molar-refractivity contribution in [3.63, 3.8) is 0 Å². The van der Waals surface area contributed by atoms with Gasteiger partial charge >= 0.3 is 0 Å². The van der Waals surface area contributed by atoms with Crippen molar-refractivity contribution >= 4 is 15.9 Å². The van der Waals surface area contributed by atoms with Crippen LogP contribution >= 0.6 is 15.9 Å². The van der Waals surface area contributed by atoms with E-state index in [2.05, 4.69) is 42.8 Å². The Morgan fingerprint density at radius 3 is 2.46 bits per heavy atom. The van der Waals surface area contributed by atoms with Crippen LogP contribution in [0.3, 0.4) is 0 Å². The van der Waals surface area contributed by atoms with Gasteiger partial charge in [0.15, 0.2) is 0 Å². The minimum Gasteiger partial charge on any atom is -0.401 e. The Bertz CT molecular complexity index is 253. The molecule has 0 saturated carbocycles. The van der Waals surface area contributed by atoms with Gasteiger partial charge in [0.05, 0.1) is 0 Å². The number of rotatable bonds is 0. The third-order valence-corrected chi connectivity index (χ3v) is 3.66. The highest BCUT2D eigenvalue weighted by atomic mass is 79.9. The molecule has 13 heavy (non-hydrogen) atoms. The smallest absolute Gasteiger partial charge is 0.0364 e.